The maximum absolute atomic E-state index is 13.1. The van der Waals surface area contributed by atoms with Crippen molar-refractivity contribution < 1.29 is 9.32 Å². The Morgan fingerprint density at radius 1 is 1.14 bits per heavy atom. The monoisotopic (exact) mass is 396 g/mol. The highest BCUT2D eigenvalue weighted by molar-refractivity contribution is 6.33. The van der Waals surface area contributed by atoms with Crippen LogP contribution in [0, 0.1) is 19.8 Å². The van der Waals surface area contributed by atoms with E-state index in [1.807, 2.05) is 32.0 Å². The average molecular weight is 397 g/mol. The SMILES string of the molecule is Cc1ccc(C)c(-c2cc(CN(CC(C)C)C(=O)c3ccccc3Cl)no2)c1. The summed E-state index contributed by atoms with van der Waals surface area (Å²) in [4.78, 5) is 14.8. The molecule has 1 aromatic heterocycles. The van der Waals surface area contributed by atoms with Crippen LogP contribution in [0.25, 0.3) is 11.3 Å². The predicted octanol–water partition coefficient (Wildman–Crippen LogP) is 5.91. The second-order valence-corrected chi connectivity index (χ2v) is 7.97. The Balaban J connectivity index is 1.86. The molecule has 0 atom stereocenters. The van der Waals surface area contributed by atoms with Crippen LogP contribution < -0.4 is 0 Å². The van der Waals surface area contributed by atoms with Crippen LogP contribution in [-0.4, -0.2) is 22.5 Å². The number of aromatic nitrogens is 1. The first kappa shape index (κ1) is 20.2. The Morgan fingerprint density at radius 2 is 1.89 bits per heavy atom. The van der Waals surface area contributed by atoms with Crippen LogP contribution in [0.1, 0.15) is 41.0 Å². The summed E-state index contributed by atoms with van der Waals surface area (Å²) in [5.41, 5.74) is 4.53. The molecule has 0 aliphatic carbocycles. The van der Waals surface area contributed by atoms with Crippen molar-refractivity contribution >= 4 is 17.5 Å². The fourth-order valence-corrected chi connectivity index (χ4v) is 3.39. The Kier molecular flexibility index (Phi) is 6.20. The van der Waals surface area contributed by atoms with E-state index in [9.17, 15) is 4.79 Å². The molecular formula is C23H25ClN2O2. The van der Waals surface area contributed by atoms with E-state index in [4.69, 9.17) is 16.1 Å². The van der Waals surface area contributed by atoms with Crippen LogP contribution >= 0.6 is 11.6 Å². The number of carbonyl (C=O) groups is 1. The Hall–Kier alpha value is -2.59. The third-order valence-corrected chi connectivity index (χ3v) is 4.88. The second-order valence-electron chi connectivity index (χ2n) is 7.56. The van der Waals surface area contributed by atoms with Crippen molar-refractivity contribution in [1.29, 1.82) is 0 Å². The molecule has 1 amide bonds. The van der Waals surface area contributed by atoms with Crippen molar-refractivity contribution in [2.75, 3.05) is 6.54 Å². The molecule has 4 nitrogen and oxygen atoms in total. The van der Waals surface area contributed by atoms with Crippen molar-refractivity contribution in [3.8, 4) is 11.3 Å². The first-order valence-electron chi connectivity index (χ1n) is 9.42. The van der Waals surface area contributed by atoms with Crippen molar-refractivity contribution in [2.45, 2.75) is 34.2 Å². The van der Waals surface area contributed by atoms with Gasteiger partial charge in [0.15, 0.2) is 5.76 Å². The van der Waals surface area contributed by atoms with Gasteiger partial charge in [-0.25, -0.2) is 0 Å². The lowest BCUT2D eigenvalue weighted by Crippen LogP contribution is -2.34. The zero-order chi connectivity index (χ0) is 20.3. The summed E-state index contributed by atoms with van der Waals surface area (Å²) in [5, 5.41) is 4.66. The molecule has 28 heavy (non-hydrogen) atoms. The molecule has 0 unspecified atom stereocenters. The maximum atomic E-state index is 13.1. The van der Waals surface area contributed by atoms with E-state index in [0.29, 0.717) is 35.4 Å². The van der Waals surface area contributed by atoms with Crippen molar-refractivity contribution in [2.24, 2.45) is 5.92 Å². The van der Waals surface area contributed by atoms with Gasteiger partial charge in [0.25, 0.3) is 5.91 Å². The van der Waals surface area contributed by atoms with Crippen LogP contribution in [0.5, 0.6) is 0 Å². The van der Waals surface area contributed by atoms with Gasteiger partial charge in [-0.15, -0.1) is 0 Å². The summed E-state index contributed by atoms with van der Waals surface area (Å²) in [6, 6.07) is 15.3. The van der Waals surface area contributed by atoms with Crippen LogP contribution in [0.3, 0.4) is 0 Å². The smallest absolute Gasteiger partial charge is 0.255 e. The van der Waals surface area contributed by atoms with Crippen LogP contribution in [0.4, 0.5) is 0 Å². The fourth-order valence-electron chi connectivity index (χ4n) is 3.18. The molecular weight excluding hydrogens is 372 g/mol. The van der Waals surface area contributed by atoms with E-state index < -0.39 is 0 Å². The molecule has 0 aliphatic rings. The largest absolute Gasteiger partial charge is 0.356 e. The first-order valence-corrected chi connectivity index (χ1v) is 9.80. The number of amides is 1. The van der Waals surface area contributed by atoms with Gasteiger partial charge in [0.05, 0.1) is 17.1 Å². The van der Waals surface area contributed by atoms with Gasteiger partial charge in [-0.3, -0.25) is 4.79 Å². The topological polar surface area (TPSA) is 46.3 Å². The molecule has 146 valence electrons. The summed E-state index contributed by atoms with van der Waals surface area (Å²) >= 11 is 6.24. The Labute approximate surface area is 171 Å². The summed E-state index contributed by atoms with van der Waals surface area (Å²) in [7, 11) is 0. The van der Waals surface area contributed by atoms with E-state index in [1.54, 1.807) is 17.0 Å². The summed E-state index contributed by atoms with van der Waals surface area (Å²) in [6.07, 6.45) is 0. The highest BCUT2D eigenvalue weighted by Gasteiger charge is 2.21. The predicted molar refractivity (Wildman–Crippen MR) is 112 cm³/mol. The maximum Gasteiger partial charge on any atom is 0.255 e. The van der Waals surface area contributed by atoms with Crippen LogP contribution in [0.2, 0.25) is 5.02 Å². The van der Waals surface area contributed by atoms with Gasteiger partial charge in [0, 0.05) is 18.2 Å². The van der Waals surface area contributed by atoms with Gasteiger partial charge in [0.2, 0.25) is 0 Å². The molecule has 0 spiro atoms. The molecule has 0 saturated heterocycles. The summed E-state index contributed by atoms with van der Waals surface area (Å²) in [5.74, 6) is 0.929. The molecule has 0 radical (unpaired) electrons. The lowest BCUT2D eigenvalue weighted by Gasteiger charge is -2.24. The molecule has 2 aromatic carbocycles. The highest BCUT2D eigenvalue weighted by Crippen LogP contribution is 2.26. The minimum Gasteiger partial charge on any atom is -0.356 e. The summed E-state index contributed by atoms with van der Waals surface area (Å²) < 4.78 is 5.59. The minimum absolute atomic E-state index is 0.101. The molecule has 1 heterocycles. The zero-order valence-corrected chi connectivity index (χ0v) is 17.5. The van der Waals surface area contributed by atoms with E-state index in [1.165, 1.54) is 0 Å². The third-order valence-electron chi connectivity index (χ3n) is 4.55. The highest BCUT2D eigenvalue weighted by atomic mass is 35.5. The average Bonchev–Trinajstić information content (AvgIpc) is 3.11. The number of carbonyl (C=O) groups excluding carboxylic acids is 1. The lowest BCUT2D eigenvalue weighted by atomic mass is 10.0. The number of hydrogen-bond acceptors (Lipinski definition) is 3. The number of benzene rings is 2. The van der Waals surface area contributed by atoms with Crippen molar-refractivity contribution in [3.05, 3.63) is 75.9 Å². The standard InChI is InChI=1S/C23H25ClN2O2/c1-15(2)13-26(23(27)19-7-5-6-8-21(19)24)14-18-12-22(28-25-18)20-11-16(3)9-10-17(20)4/h5-12,15H,13-14H2,1-4H3. The molecule has 0 fully saturated rings. The Bertz CT molecular complexity index is 978. The van der Waals surface area contributed by atoms with Gasteiger partial charge in [-0.1, -0.05) is 60.4 Å². The zero-order valence-electron chi connectivity index (χ0n) is 16.7. The fraction of sp³-hybridized carbons (Fsp3) is 0.304. The first-order chi connectivity index (χ1) is 13.3. The number of nitrogens with zero attached hydrogens (tertiary/aromatic N) is 2. The van der Waals surface area contributed by atoms with Gasteiger partial charge < -0.3 is 9.42 Å². The number of hydrogen-bond donors (Lipinski definition) is 0. The van der Waals surface area contributed by atoms with E-state index in [-0.39, 0.29) is 5.91 Å². The Morgan fingerprint density at radius 3 is 2.61 bits per heavy atom. The molecule has 3 aromatic rings. The van der Waals surface area contributed by atoms with Crippen LogP contribution in [0.15, 0.2) is 53.1 Å². The van der Waals surface area contributed by atoms with Gasteiger partial charge >= 0.3 is 0 Å². The van der Waals surface area contributed by atoms with Crippen molar-refractivity contribution in [3.63, 3.8) is 0 Å². The van der Waals surface area contributed by atoms with Gasteiger partial charge in [0.1, 0.15) is 5.69 Å². The second kappa shape index (κ2) is 8.61. The van der Waals surface area contributed by atoms with Gasteiger partial charge in [-0.05, 0) is 43.5 Å². The van der Waals surface area contributed by atoms with Crippen LogP contribution in [-0.2, 0) is 6.54 Å². The molecule has 0 aliphatic heterocycles. The molecule has 0 N–H and O–H groups in total. The number of aryl methyl sites for hydroxylation is 2. The quantitative estimate of drug-likeness (QED) is 0.520. The molecule has 3 rings (SSSR count). The number of rotatable bonds is 6. The minimum atomic E-state index is -0.101. The van der Waals surface area contributed by atoms with Gasteiger partial charge in [-0.2, -0.15) is 0 Å². The van der Waals surface area contributed by atoms with E-state index in [2.05, 4.69) is 37.2 Å². The third kappa shape index (κ3) is 4.63. The van der Waals surface area contributed by atoms with Crippen molar-refractivity contribution in [1.82, 2.24) is 10.1 Å². The number of halogens is 1. The van der Waals surface area contributed by atoms with E-state index in [0.717, 1.165) is 22.4 Å². The molecule has 5 heteroatoms. The summed E-state index contributed by atoms with van der Waals surface area (Å²) in [6.45, 7) is 9.23. The molecule has 0 saturated carbocycles. The van der Waals surface area contributed by atoms with E-state index >= 15 is 0 Å². The lowest BCUT2D eigenvalue weighted by molar-refractivity contribution is 0.0719. The normalized spacial score (nSPS) is 11.1. The molecule has 0 bridgehead atoms.